The lowest BCUT2D eigenvalue weighted by molar-refractivity contribution is -0.138. The third kappa shape index (κ3) is 2.05. The van der Waals surface area contributed by atoms with Gasteiger partial charge in [0.05, 0.1) is 5.56 Å². The fourth-order valence-corrected chi connectivity index (χ4v) is 1.11. The van der Waals surface area contributed by atoms with Gasteiger partial charge in [0.2, 0.25) is 0 Å². The number of hydrogen-bond acceptors (Lipinski definition) is 1. The molecule has 14 heavy (non-hydrogen) atoms. The van der Waals surface area contributed by atoms with E-state index in [2.05, 4.69) is 10.9 Å². The largest absolute Gasteiger partial charge is 0.418 e. The van der Waals surface area contributed by atoms with Crippen molar-refractivity contribution < 1.29 is 13.2 Å². The summed E-state index contributed by atoms with van der Waals surface area (Å²) in [6.45, 7) is 1.55. The Morgan fingerprint density at radius 2 is 2.14 bits per heavy atom. The minimum Gasteiger partial charge on any atom is -0.264 e. The highest BCUT2D eigenvalue weighted by Gasteiger charge is 2.34. The SMILES string of the molecule is C#CC(C)c1ccncc1C(F)(F)F. The smallest absolute Gasteiger partial charge is 0.264 e. The molecule has 0 aliphatic rings. The number of nitrogens with zero attached hydrogens (tertiary/aromatic N) is 1. The molecule has 0 fully saturated rings. The van der Waals surface area contributed by atoms with E-state index in [4.69, 9.17) is 6.42 Å². The van der Waals surface area contributed by atoms with E-state index < -0.39 is 17.7 Å². The van der Waals surface area contributed by atoms with Crippen molar-refractivity contribution >= 4 is 0 Å². The van der Waals surface area contributed by atoms with Gasteiger partial charge in [-0.15, -0.1) is 6.42 Å². The van der Waals surface area contributed by atoms with Crippen LogP contribution in [0.5, 0.6) is 0 Å². The highest BCUT2D eigenvalue weighted by molar-refractivity contribution is 5.33. The molecule has 1 unspecified atom stereocenters. The van der Waals surface area contributed by atoms with Crippen LogP contribution in [0.1, 0.15) is 24.0 Å². The standard InChI is InChI=1S/C10H8F3N/c1-3-7(2)8-4-5-14-6-9(8)10(11,12)13/h1,4-7H,2H3. The summed E-state index contributed by atoms with van der Waals surface area (Å²) in [5, 5.41) is 0. The molecule has 0 saturated carbocycles. The van der Waals surface area contributed by atoms with Gasteiger partial charge in [0, 0.05) is 18.3 Å². The van der Waals surface area contributed by atoms with Crippen LogP contribution in [0.4, 0.5) is 13.2 Å². The Balaban J connectivity index is 3.25. The van der Waals surface area contributed by atoms with Crippen molar-refractivity contribution in [3.63, 3.8) is 0 Å². The highest BCUT2D eigenvalue weighted by atomic mass is 19.4. The summed E-state index contributed by atoms with van der Waals surface area (Å²) in [5.41, 5.74) is -0.666. The van der Waals surface area contributed by atoms with Crippen molar-refractivity contribution in [1.29, 1.82) is 0 Å². The molecule has 0 aromatic carbocycles. The van der Waals surface area contributed by atoms with E-state index in [1.54, 1.807) is 6.92 Å². The van der Waals surface area contributed by atoms with Crippen LogP contribution < -0.4 is 0 Å². The van der Waals surface area contributed by atoms with E-state index in [-0.39, 0.29) is 5.56 Å². The van der Waals surface area contributed by atoms with Crippen LogP contribution in [0, 0.1) is 12.3 Å². The summed E-state index contributed by atoms with van der Waals surface area (Å²) in [7, 11) is 0. The summed E-state index contributed by atoms with van der Waals surface area (Å²) >= 11 is 0. The van der Waals surface area contributed by atoms with Crippen LogP contribution in [0.3, 0.4) is 0 Å². The Hall–Kier alpha value is -1.50. The maximum Gasteiger partial charge on any atom is 0.418 e. The molecule has 0 saturated heterocycles. The number of halogens is 3. The monoisotopic (exact) mass is 199 g/mol. The van der Waals surface area contributed by atoms with E-state index in [1.165, 1.54) is 12.3 Å². The molecule has 1 nitrogen and oxygen atoms in total. The molecule has 0 aliphatic heterocycles. The Morgan fingerprint density at radius 1 is 1.50 bits per heavy atom. The topological polar surface area (TPSA) is 12.9 Å². The fraction of sp³-hybridized carbons (Fsp3) is 0.300. The van der Waals surface area contributed by atoms with Crippen LogP contribution in [0.15, 0.2) is 18.5 Å². The van der Waals surface area contributed by atoms with E-state index in [9.17, 15) is 13.2 Å². The molecule has 1 aromatic heterocycles. The normalized spacial score (nSPS) is 13.4. The second-order valence-electron chi connectivity index (χ2n) is 2.85. The Labute approximate surface area is 80.0 Å². The van der Waals surface area contributed by atoms with E-state index in [0.717, 1.165) is 6.20 Å². The van der Waals surface area contributed by atoms with Crippen molar-refractivity contribution in [3.8, 4) is 12.3 Å². The second-order valence-corrected chi connectivity index (χ2v) is 2.85. The molecule has 0 radical (unpaired) electrons. The van der Waals surface area contributed by atoms with Crippen molar-refractivity contribution in [2.45, 2.75) is 19.0 Å². The molecule has 1 atom stereocenters. The molecule has 4 heteroatoms. The number of terminal acetylenes is 1. The number of aromatic nitrogens is 1. The zero-order chi connectivity index (χ0) is 10.8. The van der Waals surface area contributed by atoms with Crippen molar-refractivity contribution in [2.24, 2.45) is 0 Å². The molecule has 0 bridgehead atoms. The molecule has 1 aromatic rings. The molecule has 0 aliphatic carbocycles. The molecule has 74 valence electrons. The first kappa shape index (κ1) is 10.6. The Morgan fingerprint density at radius 3 is 2.64 bits per heavy atom. The number of rotatable bonds is 1. The van der Waals surface area contributed by atoms with Gasteiger partial charge >= 0.3 is 6.18 Å². The summed E-state index contributed by atoms with van der Waals surface area (Å²) in [6.07, 6.45) is 2.78. The van der Waals surface area contributed by atoms with E-state index in [0.29, 0.717) is 0 Å². The fourth-order valence-electron chi connectivity index (χ4n) is 1.11. The number of pyridine rings is 1. The van der Waals surface area contributed by atoms with Crippen LogP contribution >= 0.6 is 0 Å². The predicted octanol–water partition coefficient (Wildman–Crippen LogP) is 2.84. The quantitative estimate of drug-likeness (QED) is 0.634. The van der Waals surface area contributed by atoms with Gasteiger partial charge in [0.1, 0.15) is 0 Å². The van der Waals surface area contributed by atoms with Crippen LogP contribution in [-0.4, -0.2) is 4.98 Å². The minimum absolute atomic E-state index is 0.0926. The zero-order valence-corrected chi connectivity index (χ0v) is 7.47. The lowest BCUT2D eigenvalue weighted by atomic mass is 9.98. The third-order valence-electron chi connectivity index (χ3n) is 1.88. The van der Waals surface area contributed by atoms with Crippen LogP contribution in [0.25, 0.3) is 0 Å². The summed E-state index contributed by atoms with van der Waals surface area (Å²) in [6, 6.07) is 1.30. The minimum atomic E-state index is -4.39. The van der Waals surface area contributed by atoms with Gasteiger partial charge in [-0.25, -0.2) is 0 Å². The van der Waals surface area contributed by atoms with Gasteiger partial charge in [-0.05, 0) is 18.6 Å². The highest BCUT2D eigenvalue weighted by Crippen LogP contribution is 2.34. The van der Waals surface area contributed by atoms with Gasteiger partial charge in [-0.2, -0.15) is 13.2 Å². The molecule has 0 spiro atoms. The van der Waals surface area contributed by atoms with Crippen molar-refractivity contribution in [1.82, 2.24) is 4.98 Å². The Kier molecular flexibility index (Phi) is 2.80. The van der Waals surface area contributed by atoms with Gasteiger partial charge in [0.25, 0.3) is 0 Å². The van der Waals surface area contributed by atoms with Crippen molar-refractivity contribution in [3.05, 3.63) is 29.6 Å². The van der Waals surface area contributed by atoms with Gasteiger partial charge in [-0.3, -0.25) is 4.98 Å². The first-order chi connectivity index (χ1) is 6.46. The average molecular weight is 199 g/mol. The molecule has 1 heterocycles. The molecule has 1 rings (SSSR count). The first-order valence-corrected chi connectivity index (χ1v) is 3.94. The molecular formula is C10H8F3N. The number of alkyl halides is 3. The van der Waals surface area contributed by atoms with Gasteiger partial charge in [-0.1, -0.05) is 5.92 Å². The third-order valence-corrected chi connectivity index (χ3v) is 1.88. The Bertz CT molecular complexity index is 362. The summed E-state index contributed by atoms with van der Waals surface area (Å²) < 4.78 is 37.3. The van der Waals surface area contributed by atoms with Gasteiger partial charge in [0.15, 0.2) is 0 Å². The predicted molar refractivity (Wildman–Crippen MR) is 46.5 cm³/mol. The summed E-state index contributed by atoms with van der Waals surface area (Å²) in [4.78, 5) is 3.44. The zero-order valence-electron chi connectivity index (χ0n) is 7.47. The van der Waals surface area contributed by atoms with Crippen LogP contribution in [-0.2, 0) is 6.18 Å². The maximum absolute atomic E-state index is 12.4. The molecule has 0 amide bonds. The molecule has 0 N–H and O–H groups in total. The second kappa shape index (κ2) is 3.70. The van der Waals surface area contributed by atoms with Gasteiger partial charge < -0.3 is 0 Å². The number of hydrogen-bond donors (Lipinski definition) is 0. The lowest BCUT2D eigenvalue weighted by Crippen LogP contribution is -2.10. The van der Waals surface area contributed by atoms with Crippen LogP contribution in [0.2, 0.25) is 0 Å². The first-order valence-electron chi connectivity index (χ1n) is 3.94. The van der Waals surface area contributed by atoms with E-state index in [1.807, 2.05) is 0 Å². The average Bonchev–Trinajstić information content (AvgIpc) is 2.15. The molecular weight excluding hydrogens is 191 g/mol. The lowest BCUT2D eigenvalue weighted by Gasteiger charge is -2.13. The maximum atomic E-state index is 12.4. The van der Waals surface area contributed by atoms with E-state index >= 15 is 0 Å². The van der Waals surface area contributed by atoms with Crippen molar-refractivity contribution in [2.75, 3.05) is 0 Å². The summed E-state index contributed by atoms with van der Waals surface area (Å²) in [5.74, 6) is 1.71.